The zero-order chi connectivity index (χ0) is 25.2. The van der Waals surface area contributed by atoms with Gasteiger partial charge in [0.1, 0.15) is 5.82 Å². The van der Waals surface area contributed by atoms with E-state index in [2.05, 4.69) is 10.1 Å². The Morgan fingerprint density at radius 3 is 2.38 bits per heavy atom. The number of aromatic amines is 1. The summed E-state index contributed by atoms with van der Waals surface area (Å²) >= 11 is 0. The molecule has 0 saturated heterocycles. The van der Waals surface area contributed by atoms with Crippen LogP contribution in [0.4, 0.5) is 17.2 Å². The molecule has 3 aromatic rings. The summed E-state index contributed by atoms with van der Waals surface area (Å²) in [7, 11) is 0. The predicted molar refractivity (Wildman–Crippen MR) is 127 cm³/mol. The normalized spacial score (nSPS) is 11.2. The van der Waals surface area contributed by atoms with E-state index in [-0.39, 0.29) is 47.7 Å². The van der Waals surface area contributed by atoms with E-state index in [1.165, 1.54) is 50.8 Å². The Morgan fingerprint density at radius 2 is 1.82 bits per heavy atom. The molecule has 12 heteroatoms. The number of hydrogen-bond acceptors (Lipinski definition) is 7. The Hall–Kier alpha value is -4.22. The van der Waals surface area contributed by atoms with Crippen molar-refractivity contribution in [2.24, 2.45) is 11.8 Å². The Morgan fingerprint density at radius 1 is 1.18 bits per heavy atom. The van der Waals surface area contributed by atoms with Crippen molar-refractivity contribution in [2.75, 3.05) is 17.2 Å². The molecular formula is C22H27N7O5. The lowest BCUT2D eigenvalue weighted by molar-refractivity contribution is -0.384. The van der Waals surface area contributed by atoms with Gasteiger partial charge in [0.25, 0.3) is 17.2 Å². The van der Waals surface area contributed by atoms with Crippen LogP contribution in [0.25, 0.3) is 5.69 Å². The van der Waals surface area contributed by atoms with Gasteiger partial charge in [-0.15, -0.1) is 0 Å². The highest BCUT2D eigenvalue weighted by atomic mass is 16.6. The van der Waals surface area contributed by atoms with E-state index < -0.39 is 22.1 Å². The van der Waals surface area contributed by atoms with Crippen LogP contribution < -0.4 is 21.9 Å². The Kier molecular flexibility index (Phi) is 6.99. The van der Waals surface area contributed by atoms with Crippen LogP contribution in [0.3, 0.4) is 0 Å². The molecule has 180 valence electrons. The largest absolute Gasteiger partial charge is 0.383 e. The van der Waals surface area contributed by atoms with Crippen molar-refractivity contribution in [1.29, 1.82) is 0 Å². The molecule has 0 aliphatic rings. The second-order valence-electron chi connectivity index (χ2n) is 8.75. The molecule has 1 aromatic carbocycles. The van der Waals surface area contributed by atoms with Crippen molar-refractivity contribution in [3.63, 3.8) is 0 Å². The van der Waals surface area contributed by atoms with Crippen LogP contribution in [0, 0.1) is 22.0 Å². The average Bonchev–Trinajstić information content (AvgIpc) is 3.25. The van der Waals surface area contributed by atoms with Gasteiger partial charge < -0.3 is 10.6 Å². The maximum atomic E-state index is 13.5. The molecular weight excluding hydrogens is 442 g/mol. The van der Waals surface area contributed by atoms with Crippen LogP contribution in [0.5, 0.6) is 0 Å². The molecule has 12 nitrogen and oxygen atoms in total. The van der Waals surface area contributed by atoms with Gasteiger partial charge in [-0.3, -0.25) is 29.3 Å². The number of aromatic nitrogens is 4. The third-order valence-corrected chi connectivity index (χ3v) is 4.98. The number of nitro groups is 1. The van der Waals surface area contributed by atoms with E-state index in [1.54, 1.807) is 0 Å². The number of nitrogen functional groups attached to an aromatic ring is 1. The summed E-state index contributed by atoms with van der Waals surface area (Å²) in [6.07, 6.45) is 2.80. The van der Waals surface area contributed by atoms with Crippen molar-refractivity contribution < 1.29 is 9.72 Å². The van der Waals surface area contributed by atoms with Crippen LogP contribution in [-0.4, -0.2) is 36.7 Å². The quantitative estimate of drug-likeness (QED) is 0.377. The molecule has 0 aliphatic heterocycles. The van der Waals surface area contributed by atoms with Gasteiger partial charge in [0.05, 0.1) is 22.4 Å². The maximum Gasteiger partial charge on any atom is 0.330 e. The van der Waals surface area contributed by atoms with E-state index in [1.807, 2.05) is 27.7 Å². The third kappa shape index (κ3) is 5.05. The molecule has 0 unspecified atom stereocenters. The van der Waals surface area contributed by atoms with E-state index in [9.17, 15) is 24.5 Å². The molecule has 0 atom stereocenters. The van der Waals surface area contributed by atoms with Crippen molar-refractivity contribution in [1.82, 2.24) is 19.3 Å². The Balaban J connectivity index is 2.03. The molecule has 0 radical (unpaired) electrons. The van der Waals surface area contributed by atoms with E-state index in [0.717, 1.165) is 0 Å². The number of benzene rings is 1. The number of anilines is 2. The third-order valence-electron chi connectivity index (χ3n) is 4.98. The summed E-state index contributed by atoms with van der Waals surface area (Å²) in [5.74, 6) is -0.543. The average molecular weight is 470 g/mol. The number of nitro benzene ring substituents is 1. The minimum Gasteiger partial charge on any atom is -0.383 e. The number of amides is 1. The van der Waals surface area contributed by atoms with Crippen LogP contribution >= 0.6 is 0 Å². The zero-order valence-electron chi connectivity index (χ0n) is 19.4. The predicted octanol–water partition coefficient (Wildman–Crippen LogP) is 2.17. The number of hydrogen-bond donors (Lipinski definition) is 2. The van der Waals surface area contributed by atoms with Gasteiger partial charge in [-0.05, 0) is 24.0 Å². The lowest BCUT2D eigenvalue weighted by Gasteiger charge is -2.26. The lowest BCUT2D eigenvalue weighted by Crippen LogP contribution is -2.43. The van der Waals surface area contributed by atoms with Gasteiger partial charge in [0.2, 0.25) is 0 Å². The number of non-ortho nitro benzene ring substituents is 1. The number of carbonyl (C=O) groups excluding carboxylic acids is 1. The van der Waals surface area contributed by atoms with E-state index in [0.29, 0.717) is 5.69 Å². The number of H-pyrrole nitrogens is 1. The summed E-state index contributed by atoms with van der Waals surface area (Å²) < 4.78 is 2.65. The van der Waals surface area contributed by atoms with Gasteiger partial charge in [-0.25, -0.2) is 9.48 Å². The first-order valence-electron chi connectivity index (χ1n) is 10.7. The molecule has 0 aliphatic carbocycles. The Labute approximate surface area is 194 Å². The molecule has 3 rings (SSSR count). The zero-order valence-corrected chi connectivity index (χ0v) is 19.4. The fraction of sp³-hybridized carbons (Fsp3) is 0.364. The van der Waals surface area contributed by atoms with Gasteiger partial charge in [-0.1, -0.05) is 27.7 Å². The monoisotopic (exact) mass is 469 g/mol. The minimum atomic E-state index is -0.751. The molecule has 3 N–H and O–H groups in total. The smallest absolute Gasteiger partial charge is 0.330 e. The second kappa shape index (κ2) is 9.73. The minimum absolute atomic E-state index is 0.0158. The van der Waals surface area contributed by atoms with Crippen LogP contribution in [0.1, 0.15) is 38.1 Å². The first-order valence-corrected chi connectivity index (χ1v) is 10.7. The van der Waals surface area contributed by atoms with Crippen LogP contribution in [0.15, 0.2) is 46.2 Å². The van der Waals surface area contributed by atoms with Crippen LogP contribution in [0.2, 0.25) is 0 Å². The summed E-state index contributed by atoms with van der Waals surface area (Å²) in [4.78, 5) is 52.4. The number of nitrogens with one attached hydrogen (secondary N) is 1. The standard InChI is InChI=1S/C22H27N7O5/c1-13(2)10-26(18-19(23)27(11-14(3)4)22(32)25-20(18)30)21(31)15-9-24-28(12-15)16-5-7-17(8-6-16)29(33)34/h5-9,12-14H,10-11,23H2,1-4H3,(H,25,30,32). The number of nitrogens with two attached hydrogens (primary N) is 1. The number of rotatable bonds is 8. The molecule has 0 saturated carbocycles. The van der Waals surface area contributed by atoms with Crippen molar-refractivity contribution in [3.8, 4) is 5.69 Å². The van der Waals surface area contributed by atoms with Crippen molar-refractivity contribution >= 4 is 23.1 Å². The molecule has 0 bridgehead atoms. The topological polar surface area (TPSA) is 162 Å². The van der Waals surface area contributed by atoms with Crippen molar-refractivity contribution in [3.05, 3.63) is 73.2 Å². The van der Waals surface area contributed by atoms with Gasteiger partial charge in [-0.2, -0.15) is 5.10 Å². The van der Waals surface area contributed by atoms with Gasteiger partial charge in [0.15, 0.2) is 5.69 Å². The highest BCUT2D eigenvalue weighted by Gasteiger charge is 2.27. The fourth-order valence-corrected chi connectivity index (χ4v) is 3.48. The van der Waals surface area contributed by atoms with E-state index in [4.69, 9.17) is 5.73 Å². The van der Waals surface area contributed by atoms with Crippen LogP contribution in [-0.2, 0) is 6.54 Å². The lowest BCUT2D eigenvalue weighted by atomic mass is 10.1. The summed E-state index contributed by atoms with van der Waals surface area (Å²) in [6.45, 7) is 8.02. The highest BCUT2D eigenvalue weighted by molar-refractivity contribution is 6.07. The molecule has 0 spiro atoms. The second-order valence-corrected chi connectivity index (χ2v) is 8.75. The fourth-order valence-electron chi connectivity index (χ4n) is 3.48. The van der Waals surface area contributed by atoms with Gasteiger partial charge in [0, 0.05) is 31.4 Å². The first kappa shape index (κ1) is 24.4. The molecule has 34 heavy (non-hydrogen) atoms. The van der Waals surface area contributed by atoms with Crippen molar-refractivity contribution in [2.45, 2.75) is 34.2 Å². The molecule has 1 amide bonds. The summed E-state index contributed by atoms with van der Waals surface area (Å²) in [5, 5.41) is 15.1. The molecule has 2 heterocycles. The maximum absolute atomic E-state index is 13.5. The SMILES string of the molecule is CC(C)CN(C(=O)c1cnn(-c2ccc([N+](=O)[O-])cc2)c1)c1c(N)n(CC(C)C)c(=O)[nH]c1=O. The first-order chi connectivity index (χ1) is 16.0. The Bertz CT molecular complexity index is 1320. The number of nitrogens with zero attached hydrogens (tertiary/aromatic N) is 5. The molecule has 0 fully saturated rings. The van der Waals surface area contributed by atoms with Gasteiger partial charge >= 0.3 is 5.69 Å². The highest BCUT2D eigenvalue weighted by Crippen LogP contribution is 2.22. The summed E-state index contributed by atoms with van der Waals surface area (Å²) in [5.41, 5.74) is 5.38. The van der Waals surface area contributed by atoms with E-state index >= 15 is 0 Å². The summed E-state index contributed by atoms with van der Waals surface area (Å²) in [6, 6.07) is 5.69. The molecule has 2 aromatic heterocycles. The number of carbonyl (C=O) groups is 1.